The molecule has 1 fully saturated rings. The number of hydrogen-bond donors (Lipinski definition) is 2. The molecule has 5 rings (SSSR count). The highest BCUT2D eigenvalue weighted by Crippen LogP contribution is 2.38. The summed E-state index contributed by atoms with van der Waals surface area (Å²) in [5, 5.41) is 8.98. The number of nitrogens with one attached hydrogen (secondary N) is 2. The molecule has 3 heterocycles. The van der Waals surface area contributed by atoms with Gasteiger partial charge in [0.15, 0.2) is 0 Å². The predicted octanol–water partition coefficient (Wildman–Crippen LogP) is 4.06. The zero-order chi connectivity index (χ0) is 25.0. The molecule has 1 aliphatic heterocycles. The molecular weight excluding hydrogens is 442 g/mol. The molecule has 0 radical (unpaired) electrons. The van der Waals surface area contributed by atoms with Crippen LogP contribution in [0.4, 0.5) is 5.69 Å². The minimum Gasteiger partial charge on any atom is -0.364 e. The number of carbonyl (C=O) groups is 2. The quantitative estimate of drug-likeness (QED) is 0.579. The van der Waals surface area contributed by atoms with Crippen LogP contribution in [0.3, 0.4) is 0 Å². The van der Waals surface area contributed by atoms with Gasteiger partial charge in [-0.3, -0.25) is 14.7 Å². The summed E-state index contributed by atoms with van der Waals surface area (Å²) < 4.78 is 5.56. The zero-order valence-corrected chi connectivity index (χ0v) is 21.3. The van der Waals surface area contributed by atoms with Crippen LogP contribution in [0.15, 0.2) is 24.3 Å². The minimum atomic E-state index is -0.452. The number of benzene rings is 1. The van der Waals surface area contributed by atoms with Gasteiger partial charge in [-0.1, -0.05) is 19.9 Å². The lowest BCUT2D eigenvalue weighted by Crippen LogP contribution is -2.54. The standard InChI is InChI=1S/C27H35N5O3/c1-6-32(23(33)14-31-16-27(4,5)35-15-24(31)34)18-8-7-17-11-21(28-20(17)12-18)25-19-9-10-26(2,3)13-22(19)29-30-25/h7-8,11-12,28H,6,9-10,13-16H2,1-5H3,(H,29,30). The Bertz CT molecular complexity index is 1290. The Kier molecular flexibility index (Phi) is 5.74. The second-order valence-electron chi connectivity index (χ2n) is 11.3. The molecule has 1 saturated heterocycles. The maximum Gasteiger partial charge on any atom is 0.249 e. The number of hydrogen-bond acceptors (Lipinski definition) is 4. The fourth-order valence-corrected chi connectivity index (χ4v) is 5.32. The predicted molar refractivity (Wildman–Crippen MR) is 136 cm³/mol. The number of rotatable bonds is 5. The van der Waals surface area contributed by atoms with E-state index in [0.717, 1.165) is 47.2 Å². The third-order valence-electron chi connectivity index (χ3n) is 7.29. The number of amides is 2. The highest BCUT2D eigenvalue weighted by atomic mass is 16.5. The highest BCUT2D eigenvalue weighted by Gasteiger charge is 2.34. The van der Waals surface area contributed by atoms with Gasteiger partial charge in [-0.05, 0) is 63.6 Å². The van der Waals surface area contributed by atoms with E-state index < -0.39 is 5.60 Å². The lowest BCUT2D eigenvalue weighted by atomic mass is 9.76. The third kappa shape index (κ3) is 4.59. The summed E-state index contributed by atoms with van der Waals surface area (Å²) in [5.41, 5.74) is 6.13. The van der Waals surface area contributed by atoms with Crippen LogP contribution < -0.4 is 4.90 Å². The van der Waals surface area contributed by atoms with E-state index in [4.69, 9.17) is 4.74 Å². The van der Waals surface area contributed by atoms with E-state index >= 15 is 0 Å². The summed E-state index contributed by atoms with van der Waals surface area (Å²) in [6.07, 6.45) is 3.17. The van der Waals surface area contributed by atoms with Gasteiger partial charge in [0.2, 0.25) is 11.8 Å². The van der Waals surface area contributed by atoms with Crippen LogP contribution in [0.25, 0.3) is 22.3 Å². The molecule has 0 saturated carbocycles. The molecule has 2 amide bonds. The number of H-pyrrole nitrogens is 2. The maximum atomic E-state index is 13.2. The number of likely N-dealkylation sites (N-methyl/N-ethyl adjacent to an activating group) is 1. The number of morpholine rings is 1. The Morgan fingerprint density at radius 2 is 2.03 bits per heavy atom. The van der Waals surface area contributed by atoms with Gasteiger partial charge in [0.1, 0.15) is 18.8 Å². The van der Waals surface area contributed by atoms with Crippen LogP contribution in [-0.4, -0.2) is 63.7 Å². The lowest BCUT2D eigenvalue weighted by Gasteiger charge is -2.38. The van der Waals surface area contributed by atoms with Gasteiger partial charge < -0.3 is 19.5 Å². The van der Waals surface area contributed by atoms with Gasteiger partial charge in [0.05, 0.1) is 11.3 Å². The minimum absolute atomic E-state index is 0.0119. The molecule has 2 aromatic heterocycles. The topological polar surface area (TPSA) is 94.3 Å². The molecular formula is C27H35N5O3. The van der Waals surface area contributed by atoms with Gasteiger partial charge in [-0.2, -0.15) is 5.10 Å². The molecule has 8 heteroatoms. The molecule has 8 nitrogen and oxygen atoms in total. The van der Waals surface area contributed by atoms with Crippen molar-refractivity contribution in [2.24, 2.45) is 5.41 Å². The molecule has 1 aliphatic carbocycles. The van der Waals surface area contributed by atoms with Crippen molar-refractivity contribution in [1.82, 2.24) is 20.1 Å². The van der Waals surface area contributed by atoms with Crippen LogP contribution in [0.2, 0.25) is 0 Å². The Balaban J connectivity index is 1.38. The van der Waals surface area contributed by atoms with Crippen molar-refractivity contribution in [1.29, 1.82) is 0 Å². The molecule has 3 aromatic rings. The molecule has 0 spiro atoms. The first-order valence-corrected chi connectivity index (χ1v) is 12.5. The van der Waals surface area contributed by atoms with E-state index in [1.54, 1.807) is 9.80 Å². The molecule has 0 bridgehead atoms. The maximum absolute atomic E-state index is 13.2. The first-order chi connectivity index (χ1) is 16.5. The number of aromatic nitrogens is 3. The van der Waals surface area contributed by atoms with Gasteiger partial charge in [0.25, 0.3) is 0 Å². The van der Waals surface area contributed by atoms with Crippen LogP contribution in [0, 0.1) is 5.41 Å². The van der Waals surface area contributed by atoms with Crippen LogP contribution in [0.1, 0.15) is 52.3 Å². The van der Waals surface area contributed by atoms with Crippen molar-refractivity contribution in [3.05, 3.63) is 35.5 Å². The second kappa shape index (κ2) is 8.52. The molecule has 2 aliphatic rings. The molecule has 35 heavy (non-hydrogen) atoms. The van der Waals surface area contributed by atoms with Crippen molar-refractivity contribution < 1.29 is 14.3 Å². The highest BCUT2D eigenvalue weighted by molar-refractivity contribution is 5.99. The summed E-state index contributed by atoms with van der Waals surface area (Å²) in [5.74, 6) is -0.252. The number of fused-ring (bicyclic) bond motifs is 2. The Morgan fingerprint density at radius 1 is 1.23 bits per heavy atom. The van der Waals surface area contributed by atoms with E-state index in [9.17, 15) is 9.59 Å². The Labute approximate surface area is 206 Å². The number of aromatic amines is 2. The molecule has 186 valence electrons. The first kappa shape index (κ1) is 23.6. The van der Waals surface area contributed by atoms with Crippen molar-refractivity contribution in [2.45, 2.75) is 59.5 Å². The van der Waals surface area contributed by atoms with E-state index in [2.05, 4.69) is 35.1 Å². The van der Waals surface area contributed by atoms with E-state index in [1.807, 2.05) is 39.0 Å². The Hall–Kier alpha value is -3.13. The SMILES string of the molecule is CCN(C(=O)CN1CC(C)(C)OCC1=O)c1ccc2cc(-c3n[nH]c4c3CCC(C)(C)C4)[nH]c2c1. The molecule has 0 atom stereocenters. The summed E-state index contributed by atoms with van der Waals surface area (Å²) in [7, 11) is 0. The number of anilines is 1. The van der Waals surface area contributed by atoms with Gasteiger partial charge in [0, 0.05) is 40.9 Å². The fraction of sp³-hybridized carbons (Fsp3) is 0.519. The Morgan fingerprint density at radius 3 is 2.80 bits per heavy atom. The van der Waals surface area contributed by atoms with Crippen molar-refractivity contribution in [2.75, 3.05) is 31.1 Å². The van der Waals surface area contributed by atoms with E-state index in [-0.39, 0.29) is 25.0 Å². The van der Waals surface area contributed by atoms with E-state index in [0.29, 0.717) is 18.5 Å². The normalized spacial score (nSPS) is 19.1. The van der Waals surface area contributed by atoms with Crippen LogP contribution in [-0.2, 0) is 27.2 Å². The van der Waals surface area contributed by atoms with Crippen molar-refractivity contribution in [3.63, 3.8) is 0 Å². The average molecular weight is 478 g/mol. The molecule has 0 unspecified atom stereocenters. The van der Waals surface area contributed by atoms with Crippen molar-refractivity contribution >= 4 is 28.4 Å². The van der Waals surface area contributed by atoms with Crippen molar-refractivity contribution in [3.8, 4) is 11.4 Å². The number of nitrogens with zero attached hydrogens (tertiary/aromatic N) is 3. The molecule has 2 N–H and O–H groups in total. The summed E-state index contributed by atoms with van der Waals surface area (Å²) in [6, 6.07) is 8.14. The van der Waals surface area contributed by atoms with E-state index in [1.165, 1.54) is 11.3 Å². The second-order valence-corrected chi connectivity index (χ2v) is 11.3. The average Bonchev–Trinajstić information content (AvgIpc) is 3.39. The number of ether oxygens (including phenoxy) is 1. The first-order valence-electron chi connectivity index (χ1n) is 12.5. The summed E-state index contributed by atoms with van der Waals surface area (Å²) >= 11 is 0. The largest absolute Gasteiger partial charge is 0.364 e. The fourth-order valence-electron chi connectivity index (χ4n) is 5.32. The number of carbonyl (C=O) groups excluding carboxylic acids is 2. The van der Waals surface area contributed by atoms with Crippen LogP contribution in [0.5, 0.6) is 0 Å². The molecule has 1 aromatic carbocycles. The summed E-state index contributed by atoms with van der Waals surface area (Å²) in [6.45, 7) is 11.4. The summed E-state index contributed by atoms with van der Waals surface area (Å²) in [4.78, 5) is 32.4. The van der Waals surface area contributed by atoms with Gasteiger partial charge in [-0.25, -0.2) is 0 Å². The zero-order valence-electron chi connectivity index (χ0n) is 21.3. The monoisotopic (exact) mass is 477 g/mol. The van der Waals surface area contributed by atoms with Gasteiger partial charge >= 0.3 is 0 Å². The van der Waals surface area contributed by atoms with Gasteiger partial charge in [-0.15, -0.1) is 0 Å². The third-order valence-corrected chi connectivity index (χ3v) is 7.29. The lowest BCUT2D eigenvalue weighted by molar-refractivity contribution is -0.160. The van der Waals surface area contributed by atoms with Crippen LogP contribution >= 0.6 is 0 Å². The smallest absolute Gasteiger partial charge is 0.249 e.